The number of likely N-dealkylation sites (tertiary alicyclic amines) is 1. The van der Waals surface area contributed by atoms with Crippen LogP contribution in [0.15, 0.2) is 18.2 Å². The fourth-order valence-corrected chi connectivity index (χ4v) is 5.73. The highest BCUT2D eigenvalue weighted by Crippen LogP contribution is 2.42. The Labute approximate surface area is 212 Å². The van der Waals surface area contributed by atoms with Crippen molar-refractivity contribution in [1.29, 1.82) is 5.41 Å². The Morgan fingerprint density at radius 3 is 2.47 bits per heavy atom. The third-order valence-electron chi connectivity index (χ3n) is 7.49. The molecule has 1 aromatic carbocycles. The van der Waals surface area contributed by atoms with E-state index in [4.69, 9.17) is 21.0 Å². The number of hydrogen-bond acceptors (Lipinski definition) is 6. The van der Waals surface area contributed by atoms with Crippen LogP contribution in [0.3, 0.4) is 0 Å². The van der Waals surface area contributed by atoms with Crippen LogP contribution in [-0.4, -0.2) is 65.9 Å². The number of benzene rings is 1. The molecule has 2 fully saturated rings. The van der Waals surface area contributed by atoms with Crippen molar-refractivity contribution in [3.8, 4) is 5.75 Å². The van der Waals surface area contributed by atoms with E-state index in [0.717, 1.165) is 50.5 Å². The summed E-state index contributed by atoms with van der Waals surface area (Å²) in [5.41, 5.74) is 5.93. The molecule has 3 rings (SSSR count). The van der Waals surface area contributed by atoms with E-state index < -0.39 is 11.5 Å². The van der Waals surface area contributed by atoms with Crippen LogP contribution in [-0.2, 0) is 20.9 Å². The second-order valence-corrected chi connectivity index (χ2v) is 9.74. The number of nitrogens with zero attached hydrogens (tertiary/aromatic N) is 1. The molecule has 0 bridgehead atoms. The Balaban J connectivity index is 1.85. The van der Waals surface area contributed by atoms with E-state index in [9.17, 15) is 14.4 Å². The van der Waals surface area contributed by atoms with Crippen molar-refractivity contribution in [2.24, 2.45) is 11.7 Å². The van der Waals surface area contributed by atoms with Crippen LogP contribution >= 0.6 is 0 Å². The lowest BCUT2D eigenvalue weighted by atomic mass is 9.73. The SMILES string of the molecule is COc1cc(C(=N)N)ccc1CNC(=O)[C@]1(C2CCCCCCC2)CCCN1C(=O)CNCC(=O)O. The smallest absolute Gasteiger partial charge is 0.317 e. The molecule has 1 aromatic rings. The Bertz CT molecular complexity index is 960. The molecule has 0 radical (unpaired) electrons. The molecule has 198 valence electrons. The first-order chi connectivity index (χ1) is 17.3. The van der Waals surface area contributed by atoms with Crippen LogP contribution in [0.1, 0.15) is 68.9 Å². The fourth-order valence-electron chi connectivity index (χ4n) is 5.73. The summed E-state index contributed by atoms with van der Waals surface area (Å²) in [7, 11) is 1.53. The third kappa shape index (κ3) is 6.34. The normalized spacial score (nSPS) is 20.9. The Kier molecular flexibility index (Phi) is 9.69. The molecular weight excluding hydrogens is 462 g/mol. The summed E-state index contributed by atoms with van der Waals surface area (Å²) < 4.78 is 5.46. The molecule has 0 aromatic heterocycles. The quantitative estimate of drug-likeness (QED) is 0.242. The van der Waals surface area contributed by atoms with Gasteiger partial charge in [-0.25, -0.2) is 0 Å². The maximum atomic E-state index is 14.0. The van der Waals surface area contributed by atoms with E-state index >= 15 is 0 Å². The second kappa shape index (κ2) is 12.7. The number of nitrogens with two attached hydrogens (primary N) is 1. The first-order valence-electron chi connectivity index (χ1n) is 12.8. The largest absolute Gasteiger partial charge is 0.496 e. The summed E-state index contributed by atoms with van der Waals surface area (Å²) in [5.74, 6) is -0.933. The zero-order valence-electron chi connectivity index (χ0n) is 21.1. The Morgan fingerprint density at radius 2 is 1.83 bits per heavy atom. The summed E-state index contributed by atoms with van der Waals surface area (Å²) in [6.07, 6.45) is 8.60. The topological polar surface area (TPSA) is 158 Å². The highest BCUT2D eigenvalue weighted by molar-refractivity contribution is 5.95. The van der Waals surface area contributed by atoms with E-state index in [1.807, 2.05) is 0 Å². The van der Waals surface area contributed by atoms with E-state index in [1.165, 1.54) is 13.5 Å². The molecule has 2 aliphatic rings. The molecule has 0 unspecified atom stereocenters. The molecule has 0 spiro atoms. The van der Waals surface area contributed by atoms with Crippen LogP contribution in [0, 0.1) is 11.3 Å². The number of nitrogens with one attached hydrogen (secondary N) is 3. The van der Waals surface area contributed by atoms with E-state index in [0.29, 0.717) is 24.3 Å². The standard InChI is InChI=1S/C26H39N5O5/c1-36-21-14-18(24(27)28)10-11-19(21)15-30-25(35)26(20-8-5-3-2-4-6-9-20)12-7-13-31(26)22(32)16-29-17-23(33)34/h10-11,14,20,29H,2-9,12-13,15-17H2,1H3,(H3,27,28)(H,30,35)(H,33,34)/t26-/m1/s1. The minimum absolute atomic E-state index is 0.0470. The first-order valence-corrected chi connectivity index (χ1v) is 12.8. The number of amides is 2. The van der Waals surface area contributed by atoms with Crippen molar-refractivity contribution in [3.05, 3.63) is 29.3 Å². The van der Waals surface area contributed by atoms with Crippen molar-refractivity contribution < 1.29 is 24.2 Å². The molecular formula is C26H39N5O5. The molecule has 1 aliphatic heterocycles. The van der Waals surface area contributed by atoms with Crippen molar-refractivity contribution in [2.75, 3.05) is 26.7 Å². The molecule has 10 heteroatoms. The molecule has 1 atom stereocenters. The molecule has 36 heavy (non-hydrogen) atoms. The average Bonchev–Trinajstić information content (AvgIpc) is 3.28. The number of carbonyl (C=O) groups excluding carboxylic acids is 2. The summed E-state index contributed by atoms with van der Waals surface area (Å²) in [6, 6.07) is 5.18. The zero-order valence-corrected chi connectivity index (χ0v) is 21.1. The van der Waals surface area contributed by atoms with Gasteiger partial charge in [0.25, 0.3) is 0 Å². The molecule has 1 heterocycles. The van der Waals surface area contributed by atoms with Crippen LogP contribution in [0.5, 0.6) is 5.75 Å². The molecule has 6 N–H and O–H groups in total. The highest BCUT2D eigenvalue weighted by atomic mass is 16.5. The van der Waals surface area contributed by atoms with Gasteiger partial charge in [0.15, 0.2) is 0 Å². The van der Waals surface area contributed by atoms with Crippen molar-refractivity contribution in [2.45, 2.75) is 69.9 Å². The number of aliphatic carboxylic acids is 1. The first kappa shape index (κ1) is 27.4. The monoisotopic (exact) mass is 501 g/mol. The number of nitrogen functional groups attached to an aromatic ring is 1. The second-order valence-electron chi connectivity index (χ2n) is 9.74. The number of ether oxygens (including phenoxy) is 1. The van der Waals surface area contributed by atoms with Gasteiger partial charge in [0, 0.05) is 24.2 Å². The summed E-state index contributed by atoms with van der Waals surface area (Å²) in [5, 5.41) is 22.3. The van der Waals surface area contributed by atoms with Crippen molar-refractivity contribution >= 4 is 23.6 Å². The highest BCUT2D eigenvalue weighted by Gasteiger charge is 2.53. The van der Waals surface area contributed by atoms with Crippen LogP contribution in [0.2, 0.25) is 0 Å². The fraction of sp³-hybridized carbons (Fsp3) is 0.615. The number of carboxylic acid groups (broad SMARTS) is 1. The van der Waals surface area contributed by atoms with Gasteiger partial charge in [0.1, 0.15) is 17.1 Å². The lowest BCUT2D eigenvalue weighted by Crippen LogP contribution is -2.62. The van der Waals surface area contributed by atoms with Gasteiger partial charge in [-0.1, -0.05) is 44.2 Å². The van der Waals surface area contributed by atoms with Gasteiger partial charge in [0.05, 0.1) is 20.2 Å². The number of hydrogen-bond donors (Lipinski definition) is 5. The lowest BCUT2D eigenvalue weighted by molar-refractivity contribution is -0.149. The summed E-state index contributed by atoms with van der Waals surface area (Å²) in [6.45, 7) is 0.273. The summed E-state index contributed by atoms with van der Waals surface area (Å²) in [4.78, 5) is 39.9. The van der Waals surface area contributed by atoms with Gasteiger partial charge in [-0.05, 0) is 37.7 Å². The molecule has 10 nitrogen and oxygen atoms in total. The van der Waals surface area contributed by atoms with Gasteiger partial charge in [-0.15, -0.1) is 0 Å². The van der Waals surface area contributed by atoms with Crippen molar-refractivity contribution in [1.82, 2.24) is 15.5 Å². The van der Waals surface area contributed by atoms with E-state index in [2.05, 4.69) is 10.6 Å². The molecule has 1 aliphatic carbocycles. The van der Waals surface area contributed by atoms with Gasteiger partial charge in [-0.2, -0.15) is 0 Å². The number of rotatable bonds is 10. The Hall–Kier alpha value is -3.14. The van der Waals surface area contributed by atoms with Crippen LogP contribution in [0.25, 0.3) is 0 Å². The molecule has 2 amide bonds. The van der Waals surface area contributed by atoms with E-state index in [1.54, 1.807) is 23.1 Å². The van der Waals surface area contributed by atoms with E-state index in [-0.39, 0.29) is 43.2 Å². The predicted octanol–water partition coefficient (Wildman–Crippen LogP) is 1.99. The predicted molar refractivity (Wildman–Crippen MR) is 136 cm³/mol. The number of methoxy groups -OCH3 is 1. The van der Waals surface area contributed by atoms with Gasteiger partial charge in [-0.3, -0.25) is 25.1 Å². The maximum Gasteiger partial charge on any atom is 0.317 e. The summed E-state index contributed by atoms with van der Waals surface area (Å²) >= 11 is 0. The lowest BCUT2D eigenvalue weighted by Gasteiger charge is -2.44. The van der Waals surface area contributed by atoms with Crippen LogP contribution < -0.4 is 21.1 Å². The van der Waals surface area contributed by atoms with Gasteiger partial charge < -0.3 is 25.8 Å². The van der Waals surface area contributed by atoms with Gasteiger partial charge in [0.2, 0.25) is 11.8 Å². The number of amidine groups is 1. The molecule has 1 saturated heterocycles. The maximum absolute atomic E-state index is 14.0. The minimum Gasteiger partial charge on any atom is -0.496 e. The minimum atomic E-state index is -1.03. The number of carboxylic acids is 1. The average molecular weight is 502 g/mol. The third-order valence-corrected chi connectivity index (χ3v) is 7.49. The Morgan fingerprint density at radius 1 is 1.14 bits per heavy atom. The molecule has 1 saturated carbocycles. The zero-order chi connectivity index (χ0) is 26.1. The van der Waals surface area contributed by atoms with Crippen LogP contribution in [0.4, 0.5) is 0 Å². The van der Waals surface area contributed by atoms with Gasteiger partial charge >= 0.3 is 5.97 Å². The number of carbonyl (C=O) groups is 3. The van der Waals surface area contributed by atoms with Crippen molar-refractivity contribution in [3.63, 3.8) is 0 Å².